The van der Waals surface area contributed by atoms with Crippen molar-refractivity contribution in [2.75, 3.05) is 0 Å². The highest BCUT2D eigenvalue weighted by molar-refractivity contribution is 7.99. The van der Waals surface area contributed by atoms with Crippen molar-refractivity contribution >= 4 is 11.8 Å². The van der Waals surface area contributed by atoms with E-state index >= 15 is 0 Å². The van der Waals surface area contributed by atoms with Crippen molar-refractivity contribution in [2.24, 2.45) is 0 Å². The SMILES string of the molecule is CC(C)(C)c1ccc(-c2nnc(Sc3ccc(C#N)nn3)n2C2CCCC2)cc1. The summed E-state index contributed by atoms with van der Waals surface area (Å²) in [5.74, 6) is 0.904. The van der Waals surface area contributed by atoms with Crippen LogP contribution in [0.1, 0.15) is 63.8 Å². The molecule has 0 saturated heterocycles. The van der Waals surface area contributed by atoms with Crippen molar-refractivity contribution in [3.05, 3.63) is 47.7 Å². The van der Waals surface area contributed by atoms with E-state index in [1.165, 1.54) is 30.2 Å². The summed E-state index contributed by atoms with van der Waals surface area (Å²) < 4.78 is 2.27. The standard InChI is InChI=1S/C22H24N6S/c1-22(2,3)16-10-8-15(9-11-16)20-26-27-21(28(20)18-6-4-5-7-18)29-19-13-12-17(14-23)24-25-19/h8-13,18H,4-7H2,1-3H3. The summed E-state index contributed by atoms with van der Waals surface area (Å²) in [6.45, 7) is 6.66. The van der Waals surface area contributed by atoms with E-state index in [-0.39, 0.29) is 5.41 Å². The maximum absolute atomic E-state index is 8.92. The molecule has 0 radical (unpaired) electrons. The Kier molecular flexibility index (Phi) is 5.37. The minimum atomic E-state index is 0.118. The molecule has 1 aliphatic rings. The molecule has 0 aliphatic heterocycles. The first-order valence-electron chi connectivity index (χ1n) is 9.93. The van der Waals surface area contributed by atoms with Crippen LogP contribution in [-0.4, -0.2) is 25.0 Å². The lowest BCUT2D eigenvalue weighted by Gasteiger charge is -2.20. The Morgan fingerprint density at radius 1 is 0.966 bits per heavy atom. The van der Waals surface area contributed by atoms with Crippen LogP contribution in [0.5, 0.6) is 0 Å². The summed E-state index contributed by atoms with van der Waals surface area (Å²) in [5.41, 5.74) is 2.81. The molecule has 4 rings (SSSR count). The molecular weight excluding hydrogens is 380 g/mol. The Labute approximate surface area is 175 Å². The summed E-state index contributed by atoms with van der Waals surface area (Å²) in [6.07, 6.45) is 4.73. The van der Waals surface area contributed by atoms with E-state index in [0.29, 0.717) is 16.8 Å². The molecule has 1 aliphatic carbocycles. The van der Waals surface area contributed by atoms with Gasteiger partial charge in [-0.25, -0.2) is 0 Å². The van der Waals surface area contributed by atoms with E-state index in [0.717, 1.165) is 29.4 Å². The van der Waals surface area contributed by atoms with Crippen LogP contribution in [0.4, 0.5) is 0 Å². The number of rotatable bonds is 4. The third-order valence-electron chi connectivity index (χ3n) is 5.31. The molecule has 1 saturated carbocycles. The van der Waals surface area contributed by atoms with Gasteiger partial charge < -0.3 is 0 Å². The van der Waals surface area contributed by atoms with Gasteiger partial charge >= 0.3 is 0 Å². The van der Waals surface area contributed by atoms with E-state index < -0.39 is 0 Å². The molecule has 1 aromatic carbocycles. The van der Waals surface area contributed by atoms with Gasteiger partial charge in [0.1, 0.15) is 11.1 Å². The van der Waals surface area contributed by atoms with Crippen LogP contribution in [0.25, 0.3) is 11.4 Å². The lowest BCUT2D eigenvalue weighted by Crippen LogP contribution is -2.11. The number of hydrogen-bond donors (Lipinski definition) is 0. The van der Waals surface area contributed by atoms with E-state index in [1.807, 2.05) is 12.1 Å². The van der Waals surface area contributed by atoms with Gasteiger partial charge in [-0.1, -0.05) is 57.9 Å². The highest BCUT2D eigenvalue weighted by atomic mass is 32.2. The van der Waals surface area contributed by atoms with E-state index in [1.54, 1.807) is 6.07 Å². The molecule has 2 aromatic heterocycles. The highest BCUT2D eigenvalue weighted by Gasteiger charge is 2.26. The Balaban J connectivity index is 1.70. The zero-order valence-corrected chi connectivity index (χ0v) is 17.8. The van der Waals surface area contributed by atoms with Crippen LogP contribution >= 0.6 is 11.8 Å². The average Bonchev–Trinajstić information content (AvgIpc) is 3.37. The van der Waals surface area contributed by atoms with Gasteiger partial charge in [0.2, 0.25) is 0 Å². The van der Waals surface area contributed by atoms with Gasteiger partial charge in [0.15, 0.2) is 16.7 Å². The maximum atomic E-state index is 8.92. The van der Waals surface area contributed by atoms with Crippen LogP contribution in [0.2, 0.25) is 0 Å². The fraction of sp³-hybridized carbons (Fsp3) is 0.409. The minimum absolute atomic E-state index is 0.118. The van der Waals surface area contributed by atoms with Crippen molar-refractivity contribution in [1.29, 1.82) is 5.26 Å². The molecule has 2 heterocycles. The predicted octanol–water partition coefficient (Wildman–Crippen LogP) is 5.17. The second-order valence-corrected chi connectivity index (χ2v) is 9.40. The molecule has 148 valence electrons. The summed E-state index contributed by atoms with van der Waals surface area (Å²) in [4.78, 5) is 0. The maximum Gasteiger partial charge on any atom is 0.198 e. The number of benzene rings is 1. The fourth-order valence-electron chi connectivity index (χ4n) is 3.68. The molecule has 0 N–H and O–H groups in total. The molecule has 0 atom stereocenters. The summed E-state index contributed by atoms with van der Waals surface area (Å²) in [5, 5.41) is 27.6. The molecule has 0 unspecified atom stereocenters. The molecule has 0 spiro atoms. The molecule has 7 heteroatoms. The average molecular weight is 405 g/mol. The van der Waals surface area contributed by atoms with E-state index in [2.05, 4.69) is 70.0 Å². The third kappa shape index (κ3) is 4.18. The van der Waals surface area contributed by atoms with Crippen LogP contribution in [0, 0.1) is 11.3 Å². The fourth-order valence-corrected chi connectivity index (χ4v) is 4.50. The Bertz CT molecular complexity index is 1020. The molecule has 0 bridgehead atoms. The third-order valence-corrected chi connectivity index (χ3v) is 6.20. The second-order valence-electron chi connectivity index (χ2n) is 8.41. The lowest BCUT2D eigenvalue weighted by molar-refractivity contribution is 0.485. The van der Waals surface area contributed by atoms with Crippen molar-refractivity contribution in [1.82, 2.24) is 25.0 Å². The van der Waals surface area contributed by atoms with Crippen LogP contribution in [-0.2, 0) is 5.41 Å². The summed E-state index contributed by atoms with van der Waals surface area (Å²) >= 11 is 1.45. The van der Waals surface area contributed by atoms with Gasteiger partial charge in [-0.2, -0.15) is 5.26 Å². The van der Waals surface area contributed by atoms with Gasteiger partial charge in [0.05, 0.1) is 0 Å². The van der Waals surface area contributed by atoms with Crippen molar-refractivity contribution in [3.63, 3.8) is 0 Å². The summed E-state index contributed by atoms with van der Waals surface area (Å²) in [7, 11) is 0. The molecule has 29 heavy (non-hydrogen) atoms. The van der Waals surface area contributed by atoms with Crippen molar-refractivity contribution < 1.29 is 0 Å². The van der Waals surface area contributed by atoms with Gasteiger partial charge in [0, 0.05) is 11.6 Å². The topological polar surface area (TPSA) is 80.3 Å². The Morgan fingerprint density at radius 2 is 1.69 bits per heavy atom. The second kappa shape index (κ2) is 7.96. The predicted molar refractivity (Wildman–Crippen MR) is 113 cm³/mol. The number of hydrogen-bond acceptors (Lipinski definition) is 6. The Hall–Kier alpha value is -2.72. The van der Waals surface area contributed by atoms with Gasteiger partial charge in [-0.3, -0.25) is 4.57 Å². The van der Waals surface area contributed by atoms with Crippen molar-refractivity contribution in [2.45, 2.75) is 68.1 Å². The van der Waals surface area contributed by atoms with Gasteiger partial charge in [0.25, 0.3) is 0 Å². The highest BCUT2D eigenvalue weighted by Crippen LogP contribution is 2.38. The quantitative estimate of drug-likeness (QED) is 0.597. The first-order valence-corrected chi connectivity index (χ1v) is 10.7. The zero-order valence-electron chi connectivity index (χ0n) is 17.0. The molecule has 6 nitrogen and oxygen atoms in total. The zero-order chi connectivity index (χ0) is 20.4. The van der Waals surface area contributed by atoms with E-state index in [4.69, 9.17) is 5.26 Å². The lowest BCUT2D eigenvalue weighted by atomic mass is 9.86. The molecular formula is C22H24N6S. The monoisotopic (exact) mass is 404 g/mol. The molecule has 1 fully saturated rings. The van der Waals surface area contributed by atoms with E-state index in [9.17, 15) is 0 Å². The number of nitrogens with zero attached hydrogens (tertiary/aromatic N) is 6. The summed E-state index contributed by atoms with van der Waals surface area (Å²) in [6, 6.07) is 14.5. The minimum Gasteiger partial charge on any atom is -0.299 e. The number of aromatic nitrogens is 5. The van der Waals surface area contributed by atoms with Gasteiger partial charge in [-0.15, -0.1) is 20.4 Å². The van der Waals surface area contributed by atoms with Crippen LogP contribution in [0.15, 0.2) is 46.6 Å². The normalized spacial score (nSPS) is 14.8. The van der Waals surface area contributed by atoms with Gasteiger partial charge in [-0.05, 0) is 47.7 Å². The first kappa shape index (κ1) is 19.6. The number of nitriles is 1. The molecule has 0 amide bonds. The van der Waals surface area contributed by atoms with Crippen LogP contribution in [0.3, 0.4) is 0 Å². The van der Waals surface area contributed by atoms with Crippen LogP contribution < -0.4 is 0 Å². The van der Waals surface area contributed by atoms with Crippen molar-refractivity contribution in [3.8, 4) is 17.5 Å². The first-order chi connectivity index (χ1) is 14.0. The Morgan fingerprint density at radius 3 is 2.28 bits per heavy atom. The molecule has 3 aromatic rings. The smallest absolute Gasteiger partial charge is 0.198 e. The largest absolute Gasteiger partial charge is 0.299 e.